The average molecular weight is 314 g/mol. The third-order valence-corrected chi connectivity index (χ3v) is 1.51. The molecule has 0 aromatic carbocycles. The summed E-state index contributed by atoms with van der Waals surface area (Å²) in [7, 11) is 0. The van der Waals surface area contributed by atoms with Gasteiger partial charge in [0.2, 0.25) is 0 Å². The van der Waals surface area contributed by atoms with Crippen molar-refractivity contribution < 1.29 is 29.3 Å². The Bertz CT molecular complexity index is 335. The first-order valence-electron chi connectivity index (χ1n) is 6.41. The number of ether oxygens (including phenoxy) is 2. The Balaban J connectivity index is -0.000000515. The van der Waals surface area contributed by atoms with Crippen LogP contribution < -0.4 is 0 Å². The van der Waals surface area contributed by atoms with Crippen LogP contribution in [-0.4, -0.2) is 48.6 Å². The zero-order chi connectivity index (χ0) is 18.0. The SMILES string of the molecule is C=C(CO)C(=O)OCCOC(=O)C(=C)CO.C=CC.C=CC. The van der Waals surface area contributed by atoms with Gasteiger partial charge in [-0.2, -0.15) is 0 Å². The molecule has 0 radical (unpaired) electrons. The predicted molar refractivity (Wildman–Crippen MR) is 86.1 cm³/mol. The Labute approximate surface area is 132 Å². The Morgan fingerprint density at radius 1 is 0.864 bits per heavy atom. The third-order valence-electron chi connectivity index (χ3n) is 1.51. The predicted octanol–water partition coefficient (Wildman–Crippen LogP) is 1.55. The van der Waals surface area contributed by atoms with E-state index in [1.54, 1.807) is 12.2 Å². The largest absolute Gasteiger partial charge is 0.459 e. The number of aliphatic hydroxyl groups excluding tert-OH is 2. The zero-order valence-corrected chi connectivity index (χ0v) is 13.3. The van der Waals surface area contributed by atoms with E-state index >= 15 is 0 Å². The summed E-state index contributed by atoms with van der Waals surface area (Å²) in [6.07, 6.45) is 3.50. The fourth-order valence-corrected chi connectivity index (χ4v) is 0.602. The molecule has 0 aromatic rings. The molecule has 0 bridgehead atoms. The first-order chi connectivity index (χ1) is 10.4. The van der Waals surface area contributed by atoms with Gasteiger partial charge in [0.05, 0.1) is 24.4 Å². The fourth-order valence-electron chi connectivity index (χ4n) is 0.602. The van der Waals surface area contributed by atoms with Crippen molar-refractivity contribution in [1.82, 2.24) is 0 Å². The number of hydrogen-bond acceptors (Lipinski definition) is 6. The molecule has 0 heterocycles. The van der Waals surface area contributed by atoms with Crippen LogP contribution in [0.4, 0.5) is 0 Å². The van der Waals surface area contributed by atoms with Crippen molar-refractivity contribution in [1.29, 1.82) is 0 Å². The van der Waals surface area contributed by atoms with Crippen molar-refractivity contribution in [3.8, 4) is 0 Å². The van der Waals surface area contributed by atoms with Gasteiger partial charge in [-0.3, -0.25) is 0 Å². The number of carbonyl (C=O) groups is 2. The molecular formula is C16H26O6. The summed E-state index contributed by atoms with van der Waals surface area (Å²) in [6.45, 7) is 15.7. The van der Waals surface area contributed by atoms with E-state index in [4.69, 9.17) is 10.2 Å². The number of rotatable bonds is 7. The average Bonchev–Trinajstić information content (AvgIpc) is 2.50. The van der Waals surface area contributed by atoms with Gasteiger partial charge in [0, 0.05) is 0 Å². The number of aliphatic hydroxyl groups is 2. The molecule has 0 fully saturated rings. The van der Waals surface area contributed by atoms with Crippen molar-refractivity contribution in [3.63, 3.8) is 0 Å². The van der Waals surface area contributed by atoms with Crippen molar-refractivity contribution >= 4 is 11.9 Å². The molecule has 0 atom stereocenters. The van der Waals surface area contributed by atoms with Crippen molar-refractivity contribution in [2.75, 3.05) is 26.4 Å². The summed E-state index contributed by atoms with van der Waals surface area (Å²) in [4.78, 5) is 21.9. The molecule has 0 aromatic heterocycles. The monoisotopic (exact) mass is 314 g/mol. The first-order valence-corrected chi connectivity index (χ1v) is 6.41. The third kappa shape index (κ3) is 17.8. The molecule has 22 heavy (non-hydrogen) atoms. The fraction of sp³-hybridized carbons (Fsp3) is 0.375. The lowest BCUT2D eigenvalue weighted by atomic mass is 10.3. The molecule has 0 amide bonds. The second-order valence-electron chi connectivity index (χ2n) is 3.61. The maximum absolute atomic E-state index is 10.9. The Kier molecular flexibility index (Phi) is 21.2. The molecule has 0 spiro atoms. The lowest BCUT2D eigenvalue weighted by molar-refractivity contribution is -0.147. The van der Waals surface area contributed by atoms with Gasteiger partial charge in [0.25, 0.3) is 0 Å². The maximum Gasteiger partial charge on any atom is 0.335 e. The molecular weight excluding hydrogens is 288 g/mol. The van der Waals surface area contributed by atoms with Crippen LogP contribution in [0.2, 0.25) is 0 Å². The van der Waals surface area contributed by atoms with Gasteiger partial charge in [0.15, 0.2) is 0 Å². The van der Waals surface area contributed by atoms with Gasteiger partial charge < -0.3 is 19.7 Å². The van der Waals surface area contributed by atoms with E-state index in [0.717, 1.165) is 0 Å². The van der Waals surface area contributed by atoms with E-state index in [1.807, 2.05) is 13.8 Å². The molecule has 0 aliphatic heterocycles. The molecule has 0 saturated heterocycles. The Hall–Kier alpha value is -2.18. The number of carbonyl (C=O) groups excluding carboxylic acids is 2. The van der Waals surface area contributed by atoms with Crippen LogP contribution in [0.5, 0.6) is 0 Å². The highest BCUT2D eigenvalue weighted by atomic mass is 16.6. The van der Waals surface area contributed by atoms with Crippen LogP contribution in [-0.2, 0) is 19.1 Å². The lowest BCUT2D eigenvalue weighted by Gasteiger charge is -2.06. The minimum absolute atomic E-state index is 0.0777. The minimum Gasteiger partial charge on any atom is -0.459 e. The second-order valence-corrected chi connectivity index (χ2v) is 3.61. The van der Waals surface area contributed by atoms with Crippen LogP contribution in [0, 0.1) is 0 Å². The van der Waals surface area contributed by atoms with Gasteiger partial charge in [-0.05, 0) is 13.8 Å². The second kappa shape index (κ2) is 18.8. The molecule has 126 valence electrons. The van der Waals surface area contributed by atoms with Gasteiger partial charge in [-0.1, -0.05) is 25.3 Å². The number of esters is 2. The van der Waals surface area contributed by atoms with Crippen LogP contribution in [0.15, 0.2) is 49.6 Å². The van der Waals surface area contributed by atoms with E-state index < -0.39 is 25.2 Å². The molecule has 0 unspecified atom stereocenters. The van der Waals surface area contributed by atoms with Gasteiger partial charge >= 0.3 is 11.9 Å². The van der Waals surface area contributed by atoms with Crippen LogP contribution >= 0.6 is 0 Å². The van der Waals surface area contributed by atoms with E-state index in [-0.39, 0.29) is 24.4 Å². The molecule has 6 heteroatoms. The Morgan fingerprint density at radius 2 is 1.09 bits per heavy atom. The molecule has 0 rings (SSSR count). The summed E-state index contributed by atoms with van der Waals surface area (Å²) in [5.41, 5.74) is -0.155. The number of hydrogen-bond donors (Lipinski definition) is 2. The maximum atomic E-state index is 10.9. The van der Waals surface area contributed by atoms with Crippen molar-refractivity contribution in [3.05, 3.63) is 49.6 Å². The highest BCUT2D eigenvalue weighted by Crippen LogP contribution is 1.95. The normalized spacial score (nSPS) is 8.00. The van der Waals surface area contributed by atoms with Gasteiger partial charge in [0.1, 0.15) is 13.2 Å². The zero-order valence-electron chi connectivity index (χ0n) is 13.3. The van der Waals surface area contributed by atoms with Crippen LogP contribution in [0.1, 0.15) is 13.8 Å². The highest BCUT2D eigenvalue weighted by Gasteiger charge is 2.09. The smallest absolute Gasteiger partial charge is 0.335 e. The van der Waals surface area contributed by atoms with Gasteiger partial charge in [-0.15, -0.1) is 13.2 Å². The lowest BCUT2D eigenvalue weighted by Crippen LogP contribution is -2.17. The summed E-state index contributed by atoms with van der Waals surface area (Å²) in [5, 5.41) is 17.1. The Morgan fingerprint density at radius 3 is 1.27 bits per heavy atom. The number of allylic oxidation sites excluding steroid dienone is 2. The minimum atomic E-state index is -0.750. The van der Waals surface area contributed by atoms with Crippen LogP contribution in [0.3, 0.4) is 0 Å². The standard InChI is InChI=1S/C10H14O6.2C3H6/c1-7(5-11)9(13)15-3-4-16-10(14)8(2)6-12;2*1-3-2/h11-12H,1-6H2;2*3H,1H2,2H3. The van der Waals surface area contributed by atoms with E-state index in [0.29, 0.717) is 0 Å². The van der Waals surface area contributed by atoms with E-state index in [2.05, 4.69) is 35.8 Å². The van der Waals surface area contributed by atoms with Gasteiger partial charge in [-0.25, -0.2) is 9.59 Å². The topological polar surface area (TPSA) is 93.1 Å². The first kappa shape index (κ1) is 24.8. The quantitative estimate of drug-likeness (QED) is 0.320. The van der Waals surface area contributed by atoms with Crippen molar-refractivity contribution in [2.24, 2.45) is 0 Å². The van der Waals surface area contributed by atoms with E-state index in [9.17, 15) is 9.59 Å². The molecule has 0 aliphatic rings. The summed E-state index contributed by atoms with van der Waals surface area (Å²) >= 11 is 0. The summed E-state index contributed by atoms with van der Waals surface area (Å²) < 4.78 is 9.18. The molecule has 2 N–H and O–H groups in total. The molecule has 0 saturated carbocycles. The summed E-state index contributed by atoms with van der Waals surface area (Å²) in [5.74, 6) is -1.50. The van der Waals surface area contributed by atoms with E-state index in [1.165, 1.54) is 0 Å². The van der Waals surface area contributed by atoms with Crippen molar-refractivity contribution in [2.45, 2.75) is 13.8 Å². The summed E-state index contributed by atoms with van der Waals surface area (Å²) in [6, 6.07) is 0. The highest BCUT2D eigenvalue weighted by molar-refractivity contribution is 5.88. The molecule has 6 nitrogen and oxygen atoms in total. The van der Waals surface area contributed by atoms with Crippen LogP contribution in [0.25, 0.3) is 0 Å². The molecule has 0 aliphatic carbocycles.